The third kappa shape index (κ3) is 3.93. The van der Waals surface area contributed by atoms with Crippen molar-refractivity contribution in [1.29, 1.82) is 0 Å². The molecule has 0 aliphatic rings. The molecule has 0 aliphatic heterocycles. The number of rotatable bonds is 8. The van der Waals surface area contributed by atoms with Gasteiger partial charge in [0.05, 0.1) is 0 Å². The minimum Gasteiger partial charge on any atom is -0.103 e. The molecule has 0 heteroatoms. The van der Waals surface area contributed by atoms with Crippen LogP contribution < -0.4 is 0 Å². The van der Waals surface area contributed by atoms with E-state index < -0.39 is 0 Å². The van der Waals surface area contributed by atoms with Gasteiger partial charge in [-0.3, -0.25) is 0 Å². The number of hydrogen-bond acceptors (Lipinski definition) is 0. The predicted molar refractivity (Wildman–Crippen MR) is 61.7 cm³/mol. The lowest BCUT2D eigenvalue weighted by Gasteiger charge is -2.25. The number of allylic oxidation sites excluding steroid dienone is 4. The highest BCUT2D eigenvalue weighted by molar-refractivity contribution is 5.07. The van der Waals surface area contributed by atoms with E-state index in [1.807, 2.05) is 24.3 Å². The molecule has 0 nitrogen and oxygen atoms in total. The summed E-state index contributed by atoms with van der Waals surface area (Å²) < 4.78 is 0. The SMILES string of the molecule is C=CCCC(C=C)(C=C)CCC=C. The average molecular weight is 176 g/mol. The number of hydrogen-bond donors (Lipinski definition) is 0. The fourth-order valence-electron chi connectivity index (χ4n) is 1.36. The van der Waals surface area contributed by atoms with Crippen LogP contribution in [0.5, 0.6) is 0 Å². The molecule has 0 amide bonds. The van der Waals surface area contributed by atoms with Gasteiger partial charge in [-0.15, -0.1) is 26.3 Å². The third-order valence-corrected chi connectivity index (χ3v) is 2.44. The van der Waals surface area contributed by atoms with Crippen LogP contribution >= 0.6 is 0 Å². The van der Waals surface area contributed by atoms with Gasteiger partial charge in [0.15, 0.2) is 0 Å². The molecule has 0 atom stereocenters. The summed E-state index contributed by atoms with van der Waals surface area (Å²) in [7, 11) is 0. The highest BCUT2D eigenvalue weighted by atomic mass is 14.2. The van der Waals surface area contributed by atoms with Crippen molar-refractivity contribution < 1.29 is 0 Å². The van der Waals surface area contributed by atoms with Crippen LogP contribution in [-0.2, 0) is 0 Å². The minimum absolute atomic E-state index is 0.0718. The van der Waals surface area contributed by atoms with E-state index >= 15 is 0 Å². The van der Waals surface area contributed by atoms with Gasteiger partial charge in [0, 0.05) is 5.41 Å². The monoisotopic (exact) mass is 176 g/mol. The highest BCUT2D eigenvalue weighted by Crippen LogP contribution is 2.32. The van der Waals surface area contributed by atoms with Gasteiger partial charge < -0.3 is 0 Å². The maximum Gasteiger partial charge on any atom is 0.00615 e. The fraction of sp³-hybridized carbons (Fsp3) is 0.385. The zero-order valence-corrected chi connectivity index (χ0v) is 8.47. The molecule has 0 unspecified atom stereocenters. The molecule has 0 N–H and O–H groups in total. The fourth-order valence-corrected chi connectivity index (χ4v) is 1.36. The molecule has 13 heavy (non-hydrogen) atoms. The molecule has 72 valence electrons. The molecule has 0 radical (unpaired) electrons. The van der Waals surface area contributed by atoms with Crippen molar-refractivity contribution in [2.75, 3.05) is 0 Å². The summed E-state index contributed by atoms with van der Waals surface area (Å²) >= 11 is 0. The van der Waals surface area contributed by atoms with Crippen LogP contribution in [0.1, 0.15) is 25.7 Å². The van der Waals surface area contributed by atoms with Crippen molar-refractivity contribution in [3.05, 3.63) is 50.6 Å². The minimum atomic E-state index is 0.0718. The van der Waals surface area contributed by atoms with E-state index in [4.69, 9.17) is 0 Å². The zero-order valence-electron chi connectivity index (χ0n) is 8.47. The second-order valence-electron chi connectivity index (χ2n) is 3.30. The van der Waals surface area contributed by atoms with Crippen molar-refractivity contribution in [3.63, 3.8) is 0 Å². The van der Waals surface area contributed by atoms with E-state index in [-0.39, 0.29) is 5.41 Å². The van der Waals surface area contributed by atoms with Crippen molar-refractivity contribution in [1.82, 2.24) is 0 Å². The van der Waals surface area contributed by atoms with E-state index in [1.54, 1.807) is 0 Å². The molecule has 0 aromatic carbocycles. The van der Waals surface area contributed by atoms with Crippen molar-refractivity contribution >= 4 is 0 Å². The quantitative estimate of drug-likeness (QED) is 0.484. The molecule has 0 saturated carbocycles. The van der Waals surface area contributed by atoms with Gasteiger partial charge >= 0.3 is 0 Å². The molecular formula is C13H20. The first-order chi connectivity index (χ1) is 6.24. The average Bonchev–Trinajstić information content (AvgIpc) is 2.20. The Morgan fingerprint density at radius 2 is 1.15 bits per heavy atom. The Morgan fingerprint density at radius 1 is 0.769 bits per heavy atom. The van der Waals surface area contributed by atoms with Gasteiger partial charge in [-0.2, -0.15) is 0 Å². The standard InChI is InChI=1S/C13H20/c1-5-9-11-13(7-3,8-4)12-10-6-2/h5-8H,1-4,9-12H2. The Hall–Kier alpha value is -1.04. The molecule has 0 fully saturated rings. The van der Waals surface area contributed by atoms with E-state index in [2.05, 4.69) is 26.3 Å². The lowest BCUT2D eigenvalue weighted by atomic mass is 9.79. The molecule has 0 spiro atoms. The van der Waals surface area contributed by atoms with Crippen LogP contribution in [0.3, 0.4) is 0 Å². The van der Waals surface area contributed by atoms with E-state index in [0.717, 1.165) is 25.7 Å². The van der Waals surface area contributed by atoms with Crippen molar-refractivity contribution in [2.45, 2.75) is 25.7 Å². The van der Waals surface area contributed by atoms with Crippen molar-refractivity contribution in [2.24, 2.45) is 5.41 Å². The van der Waals surface area contributed by atoms with Crippen LogP contribution in [0, 0.1) is 5.41 Å². The van der Waals surface area contributed by atoms with Crippen molar-refractivity contribution in [3.8, 4) is 0 Å². The normalized spacial score (nSPS) is 10.5. The van der Waals surface area contributed by atoms with Gasteiger partial charge in [-0.1, -0.05) is 24.3 Å². The maximum absolute atomic E-state index is 3.87. The highest BCUT2D eigenvalue weighted by Gasteiger charge is 2.20. The van der Waals surface area contributed by atoms with Crippen LogP contribution in [0.2, 0.25) is 0 Å². The predicted octanol–water partition coefficient (Wildman–Crippen LogP) is 4.28. The summed E-state index contributed by atoms with van der Waals surface area (Å²) in [6.07, 6.45) is 12.0. The molecule has 0 heterocycles. The second kappa shape index (κ2) is 6.47. The topological polar surface area (TPSA) is 0 Å². The molecule has 0 aliphatic carbocycles. The molecule has 0 aromatic rings. The summed E-state index contributed by atoms with van der Waals surface area (Å²) in [5.74, 6) is 0. The van der Waals surface area contributed by atoms with Gasteiger partial charge in [0.2, 0.25) is 0 Å². The van der Waals surface area contributed by atoms with Crippen LogP contribution in [0.15, 0.2) is 50.6 Å². The van der Waals surface area contributed by atoms with Gasteiger partial charge in [0.1, 0.15) is 0 Å². The molecule has 0 aromatic heterocycles. The summed E-state index contributed by atoms with van der Waals surface area (Å²) in [5, 5.41) is 0. The Morgan fingerprint density at radius 3 is 1.38 bits per heavy atom. The third-order valence-electron chi connectivity index (χ3n) is 2.44. The lowest BCUT2D eigenvalue weighted by Crippen LogP contribution is -2.13. The van der Waals surface area contributed by atoms with Gasteiger partial charge in [-0.25, -0.2) is 0 Å². The molecule has 0 rings (SSSR count). The first kappa shape index (κ1) is 12.0. The second-order valence-corrected chi connectivity index (χ2v) is 3.30. The van der Waals surface area contributed by atoms with Crippen LogP contribution in [0.4, 0.5) is 0 Å². The van der Waals surface area contributed by atoms with Gasteiger partial charge in [0.25, 0.3) is 0 Å². The Labute approximate surface area is 82.4 Å². The Bertz CT molecular complexity index is 164. The zero-order chi connectivity index (χ0) is 10.2. The largest absolute Gasteiger partial charge is 0.103 e. The first-order valence-electron chi connectivity index (χ1n) is 4.73. The van der Waals surface area contributed by atoms with E-state index in [9.17, 15) is 0 Å². The van der Waals surface area contributed by atoms with E-state index in [0.29, 0.717) is 0 Å². The summed E-state index contributed by atoms with van der Waals surface area (Å²) in [6, 6.07) is 0. The van der Waals surface area contributed by atoms with Crippen LogP contribution in [-0.4, -0.2) is 0 Å². The Kier molecular flexibility index (Phi) is 5.96. The molecule has 0 saturated heterocycles. The Balaban J connectivity index is 4.28. The first-order valence-corrected chi connectivity index (χ1v) is 4.73. The summed E-state index contributed by atoms with van der Waals surface area (Å²) in [6.45, 7) is 15.2. The molecule has 0 bridgehead atoms. The molecular weight excluding hydrogens is 156 g/mol. The summed E-state index contributed by atoms with van der Waals surface area (Å²) in [4.78, 5) is 0. The smallest absolute Gasteiger partial charge is 0.00615 e. The van der Waals surface area contributed by atoms with Crippen LogP contribution in [0.25, 0.3) is 0 Å². The van der Waals surface area contributed by atoms with E-state index in [1.165, 1.54) is 0 Å². The summed E-state index contributed by atoms with van der Waals surface area (Å²) in [5.41, 5.74) is 0.0718. The lowest BCUT2D eigenvalue weighted by molar-refractivity contribution is 0.423. The van der Waals surface area contributed by atoms with Gasteiger partial charge in [-0.05, 0) is 25.7 Å². The maximum atomic E-state index is 3.87.